The molecule has 0 aliphatic carbocycles. The fourth-order valence-electron chi connectivity index (χ4n) is 3.41. The third-order valence-electron chi connectivity index (χ3n) is 4.82. The van der Waals surface area contributed by atoms with Gasteiger partial charge in [-0.1, -0.05) is 24.3 Å². The summed E-state index contributed by atoms with van der Waals surface area (Å²) in [5.74, 6) is -1.72. The summed E-state index contributed by atoms with van der Waals surface area (Å²) >= 11 is 0. The summed E-state index contributed by atoms with van der Waals surface area (Å²) < 4.78 is 23.7. The number of hydrogen-bond acceptors (Lipinski definition) is 5. The third kappa shape index (κ3) is 4.14. The molecule has 1 aliphatic heterocycles. The Bertz CT molecular complexity index is 938. The van der Waals surface area contributed by atoms with E-state index < -0.39 is 23.5 Å². The number of benzene rings is 2. The van der Waals surface area contributed by atoms with Crippen molar-refractivity contribution in [3.8, 4) is 5.75 Å². The Hall–Kier alpha value is -3.19. The van der Waals surface area contributed by atoms with Gasteiger partial charge in [0.2, 0.25) is 0 Å². The Balaban J connectivity index is 2.12. The molecule has 2 aromatic carbocycles. The maximum atomic E-state index is 13.4. The van der Waals surface area contributed by atoms with Crippen molar-refractivity contribution in [1.29, 1.82) is 0 Å². The maximum Gasteiger partial charge on any atom is 0.295 e. The standard InChI is InChI=1S/C22H22FNO5/c1-28-12-4-11-24-19(14-7-9-16(23)10-8-14)18(21(26)22(24)27)20(25)15-5-3-6-17(13-15)29-2/h3,5-10,13,19,25H,4,11-12H2,1-2H3/b20-18-. The molecule has 0 bridgehead atoms. The topological polar surface area (TPSA) is 76.1 Å². The lowest BCUT2D eigenvalue weighted by Crippen LogP contribution is -2.31. The maximum absolute atomic E-state index is 13.4. The molecule has 0 aromatic heterocycles. The van der Waals surface area contributed by atoms with Crippen LogP contribution in [0.3, 0.4) is 0 Å². The lowest BCUT2D eigenvalue weighted by Gasteiger charge is -2.25. The summed E-state index contributed by atoms with van der Waals surface area (Å²) in [6.45, 7) is 0.671. The van der Waals surface area contributed by atoms with E-state index in [2.05, 4.69) is 0 Å². The number of carbonyl (C=O) groups excluding carboxylic acids is 2. The van der Waals surface area contributed by atoms with Crippen LogP contribution in [0.1, 0.15) is 23.6 Å². The molecule has 1 saturated heterocycles. The van der Waals surface area contributed by atoms with Gasteiger partial charge in [0.15, 0.2) is 0 Å². The second-order valence-electron chi connectivity index (χ2n) is 6.62. The fourth-order valence-corrected chi connectivity index (χ4v) is 3.41. The van der Waals surface area contributed by atoms with Gasteiger partial charge in [-0.25, -0.2) is 4.39 Å². The van der Waals surface area contributed by atoms with E-state index in [1.54, 1.807) is 31.4 Å². The lowest BCUT2D eigenvalue weighted by atomic mass is 9.95. The van der Waals surface area contributed by atoms with Gasteiger partial charge in [-0.15, -0.1) is 0 Å². The highest BCUT2D eigenvalue weighted by atomic mass is 19.1. The van der Waals surface area contributed by atoms with Gasteiger partial charge in [-0.2, -0.15) is 0 Å². The van der Waals surface area contributed by atoms with Crippen LogP contribution in [-0.2, 0) is 14.3 Å². The van der Waals surface area contributed by atoms with Gasteiger partial charge in [-0.3, -0.25) is 9.59 Å². The molecule has 3 rings (SSSR count). The van der Waals surface area contributed by atoms with E-state index in [1.807, 2.05) is 0 Å². The van der Waals surface area contributed by atoms with E-state index >= 15 is 0 Å². The van der Waals surface area contributed by atoms with Crippen LogP contribution in [0.15, 0.2) is 54.1 Å². The van der Waals surface area contributed by atoms with Crippen LogP contribution < -0.4 is 4.74 Å². The minimum absolute atomic E-state index is 0.0349. The van der Waals surface area contributed by atoms with Crippen molar-refractivity contribution in [2.45, 2.75) is 12.5 Å². The van der Waals surface area contributed by atoms with Crippen molar-refractivity contribution in [3.05, 3.63) is 71.0 Å². The van der Waals surface area contributed by atoms with Crippen LogP contribution in [0.5, 0.6) is 5.75 Å². The number of likely N-dealkylation sites (tertiary alicyclic amines) is 1. The summed E-state index contributed by atoms with van der Waals surface area (Å²) in [6.07, 6.45) is 0.514. The molecule has 1 heterocycles. The molecule has 7 heteroatoms. The number of nitrogens with zero attached hydrogens (tertiary/aromatic N) is 1. The highest BCUT2D eigenvalue weighted by Crippen LogP contribution is 2.39. The Morgan fingerprint density at radius 3 is 2.52 bits per heavy atom. The van der Waals surface area contributed by atoms with Crippen LogP contribution >= 0.6 is 0 Å². The molecule has 0 saturated carbocycles. The van der Waals surface area contributed by atoms with Crippen LogP contribution in [0, 0.1) is 5.82 Å². The first kappa shape index (κ1) is 20.5. The van der Waals surface area contributed by atoms with Gasteiger partial charge in [0.25, 0.3) is 11.7 Å². The van der Waals surface area contributed by atoms with Crippen molar-refractivity contribution in [2.24, 2.45) is 0 Å². The number of hydrogen-bond donors (Lipinski definition) is 1. The molecule has 1 N–H and O–H groups in total. The number of halogens is 1. The number of amides is 1. The van der Waals surface area contributed by atoms with Crippen molar-refractivity contribution in [3.63, 3.8) is 0 Å². The summed E-state index contributed by atoms with van der Waals surface area (Å²) in [7, 11) is 3.04. The van der Waals surface area contributed by atoms with Crippen LogP contribution in [0.25, 0.3) is 5.76 Å². The average molecular weight is 399 g/mol. The zero-order valence-corrected chi connectivity index (χ0v) is 16.2. The highest BCUT2D eigenvalue weighted by Gasteiger charge is 2.45. The van der Waals surface area contributed by atoms with Crippen molar-refractivity contribution in [1.82, 2.24) is 4.90 Å². The average Bonchev–Trinajstić information content (AvgIpc) is 2.99. The minimum Gasteiger partial charge on any atom is -0.507 e. The van der Waals surface area contributed by atoms with Gasteiger partial charge >= 0.3 is 0 Å². The summed E-state index contributed by atoms with van der Waals surface area (Å²) in [5, 5.41) is 10.9. The van der Waals surface area contributed by atoms with E-state index in [9.17, 15) is 19.1 Å². The highest BCUT2D eigenvalue weighted by molar-refractivity contribution is 6.46. The Labute approximate surface area is 168 Å². The molecule has 0 radical (unpaired) electrons. The van der Waals surface area contributed by atoms with Crippen LogP contribution in [-0.4, -0.2) is 49.1 Å². The quantitative estimate of drug-likeness (QED) is 0.335. The fraction of sp³-hybridized carbons (Fsp3) is 0.273. The number of ketones is 1. The first-order chi connectivity index (χ1) is 14.0. The zero-order valence-electron chi connectivity index (χ0n) is 16.2. The number of ether oxygens (including phenoxy) is 2. The molecule has 2 aromatic rings. The first-order valence-electron chi connectivity index (χ1n) is 9.15. The van der Waals surface area contributed by atoms with E-state index in [4.69, 9.17) is 9.47 Å². The number of Topliss-reactive ketones (excluding diaryl/α,β-unsaturated/α-hetero) is 1. The van der Waals surface area contributed by atoms with Gasteiger partial charge in [0.05, 0.1) is 18.7 Å². The second-order valence-corrected chi connectivity index (χ2v) is 6.62. The molecule has 1 atom stereocenters. The zero-order chi connectivity index (χ0) is 21.0. The molecule has 29 heavy (non-hydrogen) atoms. The predicted octanol–water partition coefficient (Wildman–Crippen LogP) is 3.29. The van der Waals surface area contributed by atoms with Crippen LogP contribution in [0.4, 0.5) is 4.39 Å². The Morgan fingerprint density at radius 2 is 1.86 bits per heavy atom. The molecular weight excluding hydrogens is 377 g/mol. The van der Waals surface area contributed by atoms with E-state index in [0.29, 0.717) is 29.9 Å². The van der Waals surface area contributed by atoms with Crippen molar-refractivity contribution >= 4 is 17.4 Å². The largest absolute Gasteiger partial charge is 0.507 e. The van der Waals surface area contributed by atoms with E-state index in [0.717, 1.165) is 0 Å². The van der Waals surface area contributed by atoms with Gasteiger partial charge in [-0.05, 0) is 36.2 Å². The first-order valence-corrected chi connectivity index (χ1v) is 9.15. The molecule has 1 aliphatic rings. The predicted molar refractivity (Wildman–Crippen MR) is 105 cm³/mol. The number of methoxy groups -OCH3 is 2. The Kier molecular flexibility index (Phi) is 6.29. The number of aliphatic hydroxyl groups is 1. The summed E-state index contributed by atoms with van der Waals surface area (Å²) in [5.41, 5.74) is 0.853. The normalized spacial score (nSPS) is 18.3. The smallest absolute Gasteiger partial charge is 0.295 e. The summed E-state index contributed by atoms with van der Waals surface area (Å²) in [6, 6.07) is 11.3. The molecule has 6 nitrogen and oxygen atoms in total. The van der Waals surface area contributed by atoms with E-state index in [-0.39, 0.29) is 17.9 Å². The van der Waals surface area contributed by atoms with Gasteiger partial charge < -0.3 is 19.5 Å². The number of aliphatic hydroxyl groups excluding tert-OH is 1. The molecule has 0 spiro atoms. The number of carbonyl (C=O) groups is 2. The number of rotatable bonds is 7. The molecular formula is C22H22FNO5. The monoisotopic (exact) mass is 399 g/mol. The Morgan fingerprint density at radius 1 is 1.14 bits per heavy atom. The SMILES string of the molecule is COCCCN1C(=O)C(=O)/C(=C(\O)c2cccc(OC)c2)C1c1ccc(F)cc1. The lowest BCUT2D eigenvalue weighted by molar-refractivity contribution is -0.140. The minimum atomic E-state index is -0.821. The summed E-state index contributed by atoms with van der Waals surface area (Å²) in [4.78, 5) is 26.9. The van der Waals surface area contributed by atoms with Crippen molar-refractivity contribution in [2.75, 3.05) is 27.4 Å². The van der Waals surface area contributed by atoms with Crippen molar-refractivity contribution < 1.29 is 28.6 Å². The molecule has 152 valence electrons. The molecule has 1 amide bonds. The third-order valence-corrected chi connectivity index (χ3v) is 4.82. The molecule has 1 unspecified atom stereocenters. The molecule has 1 fully saturated rings. The van der Waals surface area contributed by atoms with Gasteiger partial charge in [0.1, 0.15) is 17.3 Å². The van der Waals surface area contributed by atoms with Crippen LogP contribution in [0.2, 0.25) is 0 Å². The second kappa shape index (κ2) is 8.87. The van der Waals surface area contributed by atoms with E-state index in [1.165, 1.54) is 36.3 Å². The van der Waals surface area contributed by atoms with Gasteiger partial charge in [0, 0.05) is 25.8 Å².